The third kappa shape index (κ3) is 5.04. The van der Waals surface area contributed by atoms with Gasteiger partial charge in [0.05, 0.1) is 16.9 Å². The van der Waals surface area contributed by atoms with Crippen molar-refractivity contribution >= 4 is 44.8 Å². The second-order valence-corrected chi connectivity index (χ2v) is 14.2. The summed E-state index contributed by atoms with van der Waals surface area (Å²) in [6, 6.07) is 31.4. The summed E-state index contributed by atoms with van der Waals surface area (Å²) in [4.78, 5) is 12.8. The van der Waals surface area contributed by atoms with Crippen molar-refractivity contribution in [3.8, 4) is 0 Å². The van der Waals surface area contributed by atoms with E-state index in [2.05, 4.69) is 152 Å². The van der Waals surface area contributed by atoms with Crippen LogP contribution in [0.2, 0.25) is 0 Å². The Kier molecular flexibility index (Phi) is 7.34. The number of benzene rings is 2. The summed E-state index contributed by atoms with van der Waals surface area (Å²) in [5.74, 6) is 1.80. The maximum Gasteiger partial charge on any atom is 0.126 e. The summed E-state index contributed by atoms with van der Waals surface area (Å²) >= 11 is 0. The van der Waals surface area contributed by atoms with Crippen molar-refractivity contribution in [1.29, 1.82) is 0 Å². The Morgan fingerprint density at radius 1 is 0.776 bits per heavy atom. The molecule has 0 radical (unpaired) electrons. The van der Waals surface area contributed by atoms with Crippen molar-refractivity contribution in [2.45, 2.75) is 64.8 Å². The fourth-order valence-electron chi connectivity index (χ4n) is 8.66. The molecule has 0 saturated heterocycles. The summed E-state index contributed by atoms with van der Waals surface area (Å²) in [7, 11) is 0. The molecule has 4 nitrogen and oxygen atoms in total. The zero-order valence-electron chi connectivity index (χ0n) is 28.6. The van der Waals surface area contributed by atoms with Crippen molar-refractivity contribution < 1.29 is 0 Å². The Morgan fingerprint density at radius 3 is 2.43 bits per heavy atom. The van der Waals surface area contributed by atoms with E-state index in [1.165, 1.54) is 56.0 Å². The number of fused-ring (bicyclic) bond motifs is 6. The molecule has 5 aromatic rings. The number of pyridine rings is 2. The molecule has 3 aliphatic carbocycles. The van der Waals surface area contributed by atoms with Gasteiger partial charge in [0.15, 0.2) is 0 Å². The first-order chi connectivity index (χ1) is 24.0. The average molecular weight is 639 g/mol. The fraction of sp³-hybridized carbons (Fsp3) is 0.244. The van der Waals surface area contributed by atoms with E-state index in [1.807, 2.05) is 0 Å². The van der Waals surface area contributed by atoms with Gasteiger partial charge in [-0.2, -0.15) is 0 Å². The lowest BCUT2D eigenvalue weighted by atomic mass is 9.81. The Balaban J connectivity index is 1.39. The minimum atomic E-state index is 0.115. The number of aryl methyl sites for hydroxylation is 2. The van der Waals surface area contributed by atoms with Gasteiger partial charge in [0.25, 0.3) is 0 Å². The topological polar surface area (TPSA) is 34.0 Å². The third-order valence-corrected chi connectivity index (χ3v) is 10.9. The van der Waals surface area contributed by atoms with Gasteiger partial charge in [-0.15, -0.1) is 0 Å². The molecule has 0 saturated carbocycles. The lowest BCUT2D eigenvalue weighted by Gasteiger charge is -2.37. The first-order valence-electron chi connectivity index (χ1n) is 17.9. The molecule has 0 fully saturated rings. The highest BCUT2D eigenvalue weighted by atomic mass is 15.3. The van der Waals surface area contributed by atoms with E-state index in [0.29, 0.717) is 12.0 Å². The summed E-state index contributed by atoms with van der Waals surface area (Å²) in [6.07, 6.45) is 19.5. The highest BCUT2D eigenvalue weighted by molar-refractivity contribution is 6.14. The largest absolute Gasteiger partial charge is 0.323 e. The number of anilines is 2. The second-order valence-electron chi connectivity index (χ2n) is 14.2. The Morgan fingerprint density at radius 2 is 1.59 bits per heavy atom. The molecule has 3 unspecified atom stereocenters. The van der Waals surface area contributed by atoms with Crippen molar-refractivity contribution in [1.82, 2.24) is 14.5 Å². The number of allylic oxidation sites excluding steroid dienone is 9. The van der Waals surface area contributed by atoms with E-state index in [-0.39, 0.29) is 5.92 Å². The van der Waals surface area contributed by atoms with Crippen LogP contribution in [0.4, 0.5) is 11.5 Å². The van der Waals surface area contributed by atoms with Gasteiger partial charge in [-0.05, 0) is 111 Å². The highest BCUT2D eigenvalue weighted by Gasteiger charge is 2.38. The predicted molar refractivity (Wildman–Crippen MR) is 205 cm³/mol. The Bertz CT molecular complexity index is 2270. The number of aromatic nitrogens is 3. The molecule has 4 aliphatic rings. The molecular weight excluding hydrogens is 597 g/mol. The van der Waals surface area contributed by atoms with Gasteiger partial charge >= 0.3 is 0 Å². The molecular formula is C45H42N4. The van der Waals surface area contributed by atoms with E-state index in [0.717, 1.165) is 54.9 Å². The van der Waals surface area contributed by atoms with Crippen LogP contribution in [0.15, 0.2) is 121 Å². The summed E-state index contributed by atoms with van der Waals surface area (Å²) in [6.45, 7) is 6.59. The van der Waals surface area contributed by atoms with Crippen LogP contribution in [-0.2, 0) is 0 Å². The number of hydrogen-bond acceptors (Lipinski definition) is 3. The molecule has 4 heteroatoms. The second kappa shape index (κ2) is 12.0. The van der Waals surface area contributed by atoms with Crippen LogP contribution >= 0.6 is 0 Å². The number of hydrogen-bond donors (Lipinski definition) is 0. The standard InChI is InChI=1S/C45H42N4/c1-29-14-11-21-37-36-19-7-9-24-41(36)48(34-17-5-4-6-18-34)45-44(43(29)37)38-20-8-10-25-42(38)49(45)35-27-32(39-22-12-15-30(2)46-39)26-33(28-35)40-23-13-16-31(3)47-40/h4-5,7-13,15-16,19-25,27-29,32,34H,6,14,17-18,26H2,1-3H3. The zero-order chi connectivity index (χ0) is 33.1. The summed E-state index contributed by atoms with van der Waals surface area (Å²) < 4.78 is 2.60. The lowest BCUT2D eigenvalue weighted by Crippen LogP contribution is -2.34. The number of para-hydroxylation sites is 2. The summed E-state index contributed by atoms with van der Waals surface area (Å²) in [5, 5.41) is 1.32. The molecule has 0 amide bonds. The van der Waals surface area contributed by atoms with E-state index < -0.39 is 0 Å². The molecule has 0 spiro atoms. The number of nitrogens with zero attached hydrogens (tertiary/aromatic N) is 4. The smallest absolute Gasteiger partial charge is 0.126 e. The van der Waals surface area contributed by atoms with Gasteiger partial charge in [-0.25, -0.2) is 0 Å². The molecule has 3 aromatic heterocycles. The first-order valence-corrected chi connectivity index (χ1v) is 17.9. The molecule has 242 valence electrons. The lowest BCUT2D eigenvalue weighted by molar-refractivity contribution is 0.585. The van der Waals surface area contributed by atoms with Gasteiger partial charge in [0.1, 0.15) is 5.82 Å². The highest BCUT2D eigenvalue weighted by Crippen LogP contribution is 2.55. The van der Waals surface area contributed by atoms with Crippen molar-refractivity contribution in [3.05, 3.63) is 155 Å². The van der Waals surface area contributed by atoms with Gasteiger partial charge in [-0.3, -0.25) is 14.5 Å². The molecule has 4 heterocycles. The molecule has 0 N–H and O–H groups in total. The SMILES string of the molecule is Cc1cccc(C2=CC(n3c4c(c5ccccc53)C3=C(C=CCC3C)c3ccccc3N4C3CC=CCC3)=CC(c3cccc(C)n3)C2)n1. The van der Waals surface area contributed by atoms with E-state index in [9.17, 15) is 0 Å². The normalized spacial score (nSPS) is 21.5. The molecule has 9 rings (SSSR count). The molecule has 0 bridgehead atoms. The average Bonchev–Trinajstić information content (AvgIpc) is 3.39. The van der Waals surface area contributed by atoms with Crippen molar-refractivity contribution in [2.75, 3.05) is 4.90 Å². The van der Waals surface area contributed by atoms with Crippen LogP contribution in [0.3, 0.4) is 0 Å². The van der Waals surface area contributed by atoms with E-state index >= 15 is 0 Å². The van der Waals surface area contributed by atoms with Crippen molar-refractivity contribution in [2.24, 2.45) is 5.92 Å². The van der Waals surface area contributed by atoms with E-state index in [1.54, 1.807) is 0 Å². The van der Waals surface area contributed by atoms with Crippen LogP contribution in [0, 0.1) is 19.8 Å². The van der Waals surface area contributed by atoms with E-state index in [4.69, 9.17) is 9.97 Å². The molecule has 3 atom stereocenters. The van der Waals surface area contributed by atoms with Gasteiger partial charge in [0, 0.05) is 51.3 Å². The molecule has 49 heavy (non-hydrogen) atoms. The van der Waals surface area contributed by atoms with Crippen LogP contribution in [0.1, 0.15) is 78.8 Å². The van der Waals surface area contributed by atoms with Gasteiger partial charge < -0.3 is 4.90 Å². The maximum absolute atomic E-state index is 5.07. The predicted octanol–water partition coefficient (Wildman–Crippen LogP) is 11.2. The van der Waals surface area contributed by atoms with Crippen LogP contribution in [0.5, 0.6) is 0 Å². The van der Waals surface area contributed by atoms with Crippen LogP contribution in [0.25, 0.3) is 33.3 Å². The monoisotopic (exact) mass is 638 g/mol. The Hall–Kier alpha value is -5.22. The van der Waals surface area contributed by atoms with Gasteiger partial charge in [0.2, 0.25) is 0 Å². The number of rotatable bonds is 4. The fourth-order valence-corrected chi connectivity index (χ4v) is 8.66. The van der Waals surface area contributed by atoms with Crippen LogP contribution < -0.4 is 4.90 Å². The summed E-state index contributed by atoms with van der Waals surface area (Å²) in [5.41, 5.74) is 14.8. The first kappa shape index (κ1) is 29.9. The Labute approximate surface area is 289 Å². The quantitative estimate of drug-likeness (QED) is 0.184. The maximum atomic E-state index is 5.07. The zero-order valence-corrected chi connectivity index (χ0v) is 28.6. The van der Waals surface area contributed by atoms with Crippen LogP contribution in [-0.4, -0.2) is 20.6 Å². The van der Waals surface area contributed by atoms with Gasteiger partial charge in [-0.1, -0.05) is 85.8 Å². The minimum Gasteiger partial charge on any atom is -0.323 e. The molecule has 2 aromatic carbocycles. The van der Waals surface area contributed by atoms with Crippen molar-refractivity contribution in [3.63, 3.8) is 0 Å². The third-order valence-electron chi connectivity index (χ3n) is 10.9. The minimum absolute atomic E-state index is 0.115. The molecule has 1 aliphatic heterocycles.